The van der Waals surface area contributed by atoms with Crippen LogP contribution < -0.4 is 19.9 Å². The number of rotatable bonds is 4. The van der Waals surface area contributed by atoms with Gasteiger partial charge in [-0.1, -0.05) is 6.07 Å². The number of nitrogens with two attached hydrogens (primary N) is 1. The van der Waals surface area contributed by atoms with E-state index in [9.17, 15) is 8.42 Å². The Balaban J connectivity index is 1.67. The molecular weight excluding hydrogens is 304 g/mol. The van der Waals surface area contributed by atoms with Gasteiger partial charge in [0.25, 0.3) is 0 Å². The Morgan fingerprint density at radius 1 is 1.00 bits per heavy atom. The zero-order valence-electron chi connectivity index (χ0n) is 11.8. The molecule has 0 atom stereocenters. The SMILES string of the molecule is NS(=O)(=O)c1ccc(NCc2ccc3c(c2)OCCO3)cc1. The molecule has 0 fully saturated rings. The summed E-state index contributed by atoms with van der Waals surface area (Å²) >= 11 is 0. The first-order valence-corrected chi connectivity index (χ1v) is 8.32. The minimum atomic E-state index is -3.66. The molecule has 1 aliphatic heterocycles. The first kappa shape index (κ1) is 14.7. The van der Waals surface area contributed by atoms with Gasteiger partial charge in [-0.25, -0.2) is 13.6 Å². The Kier molecular flexibility index (Phi) is 3.91. The number of primary sulfonamides is 1. The van der Waals surface area contributed by atoms with E-state index in [4.69, 9.17) is 14.6 Å². The molecule has 2 aromatic carbocycles. The predicted octanol–water partition coefficient (Wildman–Crippen LogP) is 1.72. The maximum absolute atomic E-state index is 11.2. The molecule has 0 unspecified atom stereocenters. The largest absolute Gasteiger partial charge is 0.486 e. The summed E-state index contributed by atoms with van der Waals surface area (Å²) in [7, 11) is -3.66. The lowest BCUT2D eigenvalue weighted by Gasteiger charge is -2.19. The molecule has 116 valence electrons. The van der Waals surface area contributed by atoms with Gasteiger partial charge in [0.05, 0.1) is 4.90 Å². The molecular formula is C15H16N2O4S. The molecule has 0 radical (unpaired) electrons. The van der Waals surface area contributed by atoms with E-state index in [1.54, 1.807) is 12.1 Å². The van der Waals surface area contributed by atoms with E-state index in [0.29, 0.717) is 19.8 Å². The van der Waals surface area contributed by atoms with Crippen molar-refractivity contribution in [3.8, 4) is 11.5 Å². The molecule has 3 N–H and O–H groups in total. The van der Waals surface area contributed by atoms with Gasteiger partial charge in [0.2, 0.25) is 10.0 Å². The topological polar surface area (TPSA) is 90.7 Å². The van der Waals surface area contributed by atoms with E-state index < -0.39 is 10.0 Å². The van der Waals surface area contributed by atoms with Crippen molar-refractivity contribution < 1.29 is 17.9 Å². The maximum Gasteiger partial charge on any atom is 0.238 e. The summed E-state index contributed by atoms with van der Waals surface area (Å²) in [5.74, 6) is 1.50. The quantitative estimate of drug-likeness (QED) is 0.895. The van der Waals surface area contributed by atoms with Gasteiger partial charge < -0.3 is 14.8 Å². The van der Waals surface area contributed by atoms with Crippen molar-refractivity contribution >= 4 is 15.7 Å². The summed E-state index contributed by atoms with van der Waals surface area (Å²) in [5, 5.41) is 8.28. The molecule has 3 rings (SSSR count). The van der Waals surface area contributed by atoms with Gasteiger partial charge in [-0.05, 0) is 42.0 Å². The number of hydrogen-bond acceptors (Lipinski definition) is 5. The van der Waals surface area contributed by atoms with Crippen LogP contribution in [0.5, 0.6) is 11.5 Å². The van der Waals surface area contributed by atoms with Crippen molar-refractivity contribution in [3.63, 3.8) is 0 Å². The summed E-state index contributed by atoms with van der Waals surface area (Å²) in [6.45, 7) is 1.71. The lowest BCUT2D eigenvalue weighted by molar-refractivity contribution is 0.171. The number of fused-ring (bicyclic) bond motifs is 1. The third-order valence-electron chi connectivity index (χ3n) is 3.29. The summed E-state index contributed by atoms with van der Waals surface area (Å²) in [5.41, 5.74) is 1.85. The highest BCUT2D eigenvalue weighted by Crippen LogP contribution is 2.30. The molecule has 1 aliphatic rings. The minimum Gasteiger partial charge on any atom is -0.486 e. The number of benzene rings is 2. The van der Waals surface area contributed by atoms with Gasteiger partial charge in [-0.15, -0.1) is 0 Å². The van der Waals surface area contributed by atoms with Crippen molar-refractivity contribution in [2.75, 3.05) is 18.5 Å². The molecule has 0 amide bonds. The van der Waals surface area contributed by atoms with E-state index in [1.165, 1.54) is 12.1 Å². The van der Waals surface area contributed by atoms with Crippen LogP contribution in [-0.2, 0) is 16.6 Å². The average molecular weight is 320 g/mol. The lowest BCUT2D eigenvalue weighted by atomic mass is 10.2. The zero-order chi connectivity index (χ0) is 15.6. The van der Waals surface area contributed by atoms with Crippen LogP contribution in [0, 0.1) is 0 Å². The first-order valence-electron chi connectivity index (χ1n) is 6.78. The van der Waals surface area contributed by atoms with Crippen LogP contribution in [0.1, 0.15) is 5.56 Å². The van der Waals surface area contributed by atoms with Crippen LogP contribution in [-0.4, -0.2) is 21.6 Å². The highest BCUT2D eigenvalue weighted by atomic mass is 32.2. The van der Waals surface area contributed by atoms with Gasteiger partial charge in [0.15, 0.2) is 11.5 Å². The highest BCUT2D eigenvalue weighted by Gasteiger charge is 2.11. The molecule has 0 saturated carbocycles. The standard InChI is InChI=1S/C15H16N2O4S/c16-22(18,19)13-4-2-12(3-5-13)17-10-11-1-6-14-15(9-11)21-8-7-20-14/h1-6,9,17H,7-8,10H2,(H2,16,18,19). The molecule has 0 bridgehead atoms. The normalized spacial score (nSPS) is 13.7. The van der Waals surface area contributed by atoms with Gasteiger partial charge in [-0.3, -0.25) is 0 Å². The Morgan fingerprint density at radius 3 is 2.36 bits per heavy atom. The van der Waals surface area contributed by atoms with Gasteiger partial charge in [0.1, 0.15) is 13.2 Å². The van der Waals surface area contributed by atoms with Crippen LogP contribution in [0.3, 0.4) is 0 Å². The second kappa shape index (κ2) is 5.86. The molecule has 0 aliphatic carbocycles. The second-order valence-corrected chi connectivity index (χ2v) is 6.46. The Hall–Kier alpha value is -2.25. The molecule has 22 heavy (non-hydrogen) atoms. The Bertz CT molecular complexity index is 773. The number of nitrogens with one attached hydrogen (secondary N) is 1. The van der Waals surface area contributed by atoms with Crippen molar-refractivity contribution in [2.24, 2.45) is 5.14 Å². The van der Waals surface area contributed by atoms with Crippen LogP contribution in [0.15, 0.2) is 47.4 Å². The van der Waals surface area contributed by atoms with Crippen molar-refractivity contribution in [3.05, 3.63) is 48.0 Å². The molecule has 1 heterocycles. The molecule has 7 heteroatoms. The summed E-state index contributed by atoms with van der Waals surface area (Å²) in [4.78, 5) is 0.0948. The van der Waals surface area contributed by atoms with Crippen LogP contribution in [0.4, 0.5) is 5.69 Å². The number of ether oxygens (including phenoxy) is 2. The number of sulfonamides is 1. The van der Waals surface area contributed by atoms with Crippen molar-refractivity contribution in [1.29, 1.82) is 0 Å². The summed E-state index contributed by atoms with van der Waals surface area (Å²) < 4.78 is 33.4. The van der Waals surface area contributed by atoms with Crippen LogP contribution in [0.25, 0.3) is 0 Å². The van der Waals surface area contributed by atoms with E-state index in [0.717, 1.165) is 22.7 Å². The molecule has 0 saturated heterocycles. The van der Waals surface area contributed by atoms with E-state index in [1.807, 2.05) is 18.2 Å². The monoisotopic (exact) mass is 320 g/mol. The van der Waals surface area contributed by atoms with E-state index in [-0.39, 0.29) is 4.90 Å². The van der Waals surface area contributed by atoms with Gasteiger partial charge in [0, 0.05) is 12.2 Å². The van der Waals surface area contributed by atoms with E-state index >= 15 is 0 Å². The van der Waals surface area contributed by atoms with Crippen LogP contribution in [0.2, 0.25) is 0 Å². The Labute approximate surface area is 128 Å². The fourth-order valence-corrected chi connectivity index (χ4v) is 2.68. The lowest BCUT2D eigenvalue weighted by Crippen LogP contribution is -2.15. The van der Waals surface area contributed by atoms with Crippen LogP contribution >= 0.6 is 0 Å². The number of anilines is 1. The van der Waals surface area contributed by atoms with Gasteiger partial charge in [-0.2, -0.15) is 0 Å². The summed E-state index contributed by atoms with van der Waals surface area (Å²) in [6.07, 6.45) is 0. The third kappa shape index (κ3) is 3.32. The third-order valence-corrected chi connectivity index (χ3v) is 4.22. The second-order valence-electron chi connectivity index (χ2n) is 4.90. The van der Waals surface area contributed by atoms with E-state index in [2.05, 4.69) is 5.32 Å². The van der Waals surface area contributed by atoms with Crippen molar-refractivity contribution in [2.45, 2.75) is 11.4 Å². The maximum atomic E-state index is 11.2. The van der Waals surface area contributed by atoms with Gasteiger partial charge >= 0.3 is 0 Å². The Morgan fingerprint density at radius 2 is 1.68 bits per heavy atom. The molecule has 0 aromatic heterocycles. The summed E-state index contributed by atoms with van der Waals surface area (Å²) in [6, 6.07) is 12.1. The molecule has 6 nitrogen and oxygen atoms in total. The fourth-order valence-electron chi connectivity index (χ4n) is 2.16. The average Bonchev–Trinajstić information content (AvgIpc) is 2.52. The molecule has 2 aromatic rings. The first-order chi connectivity index (χ1) is 10.5. The minimum absolute atomic E-state index is 0.0948. The fraction of sp³-hybridized carbons (Fsp3) is 0.200. The highest BCUT2D eigenvalue weighted by molar-refractivity contribution is 7.89. The number of hydrogen-bond donors (Lipinski definition) is 2. The predicted molar refractivity (Wildman–Crippen MR) is 82.6 cm³/mol. The smallest absolute Gasteiger partial charge is 0.238 e. The van der Waals surface area contributed by atoms with Crippen molar-refractivity contribution in [1.82, 2.24) is 0 Å². The zero-order valence-corrected chi connectivity index (χ0v) is 12.6. The molecule has 0 spiro atoms.